The zero-order valence-electron chi connectivity index (χ0n) is 16.0. The van der Waals surface area contributed by atoms with E-state index in [4.69, 9.17) is 0 Å². The lowest BCUT2D eigenvalue weighted by Crippen LogP contribution is -2.20. The molecule has 0 aliphatic rings. The third-order valence-electron chi connectivity index (χ3n) is 4.26. The van der Waals surface area contributed by atoms with E-state index in [1.807, 2.05) is 31.2 Å². The Bertz CT molecular complexity index is 1100. The fraction of sp³-hybridized carbons (Fsp3) is 0.278. The van der Waals surface area contributed by atoms with Gasteiger partial charge in [-0.05, 0) is 19.4 Å². The van der Waals surface area contributed by atoms with Gasteiger partial charge in [-0.3, -0.25) is 24.3 Å². The average Bonchev–Trinajstić information content (AvgIpc) is 3.19. The molecule has 0 fully saturated rings. The van der Waals surface area contributed by atoms with E-state index in [9.17, 15) is 28.1 Å². The highest BCUT2D eigenvalue weighted by Gasteiger charge is 2.44. The molecule has 2 aromatic heterocycles. The lowest BCUT2D eigenvalue weighted by molar-refractivity contribution is -0.388. The van der Waals surface area contributed by atoms with Crippen LogP contribution < -0.4 is 5.32 Å². The van der Waals surface area contributed by atoms with Gasteiger partial charge >= 0.3 is 11.9 Å². The summed E-state index contributed by atoms with van der Waals surface area (Å²) in [6.07, 6.45) is -2.04. The summed E-state index contributed by atoms with van der Waals surface area (Å²) < 4.78 is 41.3. The van der Waals surface area contributed by atoms with Gasteiger partial charge in [0.1, 0.15) is 12.2 Å². The van der Waals surface area contributed by atoms with Gasteiger partial charge in [0.25, 0.3) is 0 Å². The van der Waals surface area contributed by atoms with E-state index < -0.39 is 34.9 Å². The number of nitrogens with one attached hydrogen (secondary N) is 1. The molecule has 9 nitrogen and oxygen atoms in total. The molecule has 1 aromatic carbocycles. The van der Waals surface area contributed by atoms with Crippen molar-refractivity contribution in [3.63, 3.8) is 0 Å². The number of hydrogen-bond acceptors (Lipinski definition) is 5. The molecule has 3 aromatic rings. The SMILES string of the molecule is Cc1cccc(Cn2cc(NC(=O)Cn3nc(C(F)(F)F)c([N+](=O)[O-])c3C)cn2)c1. The van der Waals surface area contributed by atoms with Gasteiger partial charge in [0.2, 0.25) is 11.6 Å². The molecule has 1 N–H and O–H groups in total. The first-order valence-corrected chi connectivity index (χ1v) is 8.71. The lowest BCUT2D eigenvalue weighted by atomic mass is 10.1. The fourth-order valence-electron chi connectivity index (χ4n) is 2.95. The third kappa shape index (κ3) is 4.64. The maximum absolute atomic E-state index is 13.0. The van der Waals surface area contributed by atoms with Crippen molar-refractivity contribution in [1.29, 1.82) is 0 Å². The molecule has 0 radical (unpaired) electrons. The minimum atomic E-state index is -5.01. The first-order valence-electron chi connectivity index (χ1n) is 8.71. The summed E-state index contributed by atoms with van der Waals surface area (Å²) in [7, 11) is 0. The van der Waals surface area contributed by atoms with Gasteiger partial charge in [0.15, 0.2) is 0 Å². The van der Waals surface area contributed by atoms with Crippen LogP contribution in [-0.4, -0.2) is 30.4 Å². The lowest BCUT2D eigenvalue weighted by Gasteiger charge is -2.05. The fourth-order valence-corrected chi connectivity index (χ4v) is 2.95. The molecule has 0 saturated heterocycles. The summed E-state index contributed by atoms with van der Waals surface area (Å²) >= 11 is 0. The first-order chi connectivity index (χ1) is 14.0. The zero-order valence-corrected chi connectivity index (χ0v) is 16.0. The molecule has 158 valence electrons. The van der Waals surface area contributed by atoms with Gasteiger partial charge in [-0.15, -0.1) is 0 Å². The maximum atomic E-state index is 13.0. The van der Waals surface area contributed by atoms with Crippen LogP contribution in [0.1, 0.15) is 22.5 Å². The number of nitrogens with zero attached hydrogens (tertiary/aromatic N) is 5. The average molecular weight is 422 g/mol. The van der Waals surface area contributed by atoms with Crippen LogP contribution >= 0.6 is 0 Å². The molecular weight excluding hydrogens is 405 g/mol. The molecule has 0 aliphatic carbocycles. The molecule has 2 heterocycles. The number of halogens is 3. The number of carbonyl (C=O) groups is 1. The van der Waals surface area contributed by atoms with Crippen LogP contribution in [0.3, 0.4) is 0 Å². The van der Waals surface area contributed by atoms with Crippen molar-refractivity contribution in [3.05, 3.63) is 69.3 Å². The molecular formula is C18H17F3N6O3. The Labute approximate surface area is 168 Å². The minimum absolute atomic E-state index is 0.336. The number of rotatable bonds is 6. The second-order valence-corrected chi connectivity index (χ2v) is 6.66. The van der Waals surface area contributed by atoms with Crippen LogP contribution in [0.5, 0.6) is 0 Å². The normalized spacial score (nSPS) is 11.5. The number of carbonyl (C=O) groups excluding carboxylic acids is 1. The van der Waals surface area contributed by atoms with Crippen molar-refractivity contribution in [2.75, 3.05) is 5.32 Å². The Balaban J connectivity index is 1.71. The Morgan fingerprint density at radius 2 is 2.03 bits per heavy atom. The van der Waals surface area contributed by atoms with E-state index >= 15 is 0 Å². The van der Waals surface area contributed by atoms with Crippen LogP contribution in [0.2, 0.25) is 0 Å². The van der Waals surface area contributed by atoms with Crippen molar-refractivity contribution in [3.8, 4) is 0 Å². The molecule has 30 heavy (non-hydrogen) atoms. The summed E-state index contributed by atoms with van der Waals surface area (Å²) in [5, 5.41) is 20.8. The predicted molar refractivity (Wildman–Crippen MR) is 99.8 cm³/mol. The van der Waals surface area contributed by atoms with Crippen LogP contribution in [0.25, 0.3) is 0 Å². The number of aryl methyl sites for hydroxylation is 1. The topological polar surface area (TPSA) is 108 Å². The predicted octanol–water partition coefficient (Wildman–Crippen LogP) is 3.31. The Kier molecular flexibility index (Phi) is 5.58. The van der Waals surface area contributed by atoms with Crippen LogP contribution in [0, 0.1) is 24.0 Å². The summed E-state index contributed by atoms with van der Waals surface area (Å²) in [6.45, 7) is 2.92. The van der Waals surface area contributed by atoms with E-state index in [-0.39, 0.29) is 5.69 Å². The number of amides is 1. The van der Waals surface area contributed by atoms with Crippen molar-refractivity contribution in [1.82, 2.24) is 19.6 Å². The van der Waals surface area contributed by atoms with Gasteiger partial charge in [-0.2, -0.15) is 23.4 Å². The van der Waals surface area contributed by atoms with E-state index in [0.29, 0.717) is 16.9 Å². The number of anilines is 1. The van der Waals surface area contributed by atoms with Crippen molar-refractivity contribution in [2.45, 2.75) is 33.1 Å². The van der Waals surface area contributed by atoms with Gasteiger partial charge in [0.05, 0.1) is 23.4 Å². The number of benzene rings is 1. The number of nitro groups is 1. The summed E-state index contributed by atoms with van der Waals surface area (Å²) in [5.41, 5.74) is -0.726. The van der Waals surface area contributed by atoms with Crippen LogP contribution in [0.15, 0.2) is 36.7 Å². The van der Waals surface area contributed by atoms with E-state index in [1.54, 1.807) is 10.9 Å². The Morgan fingerprint density at radius 1 is 1.30 bits per heavy atom. The van der Waals surface area contributed by atoms with Crippen LogP contribution in [0.4, 0.5) is 24.5 Å². The largest absolute Gasteiger partial charge is 0.442 e. The highest BCUT2D eigenvalue weighted by molar-refractivity contribution is 5.90. The highest BCUT2D eigenvalue weighted by atomic mass is 19.4. The number of aromatic nitrogens is 4. The Hall–Kier alpha value is -3.70. The summed E-state index contributed by atoms with van der Waals surface area (Å²) in [5.74, 6) is -0.695. The quantitative estimate of drug-likeness (QED) is 0.484. The molecule has 0 aliphatic heterocycles. The van der Waals surface area contributed by atoms with Gasteiger partial charge in [-0.1, -0.05) is 29.8 Å². The second-order valence-electron chi connectivity index (χ2n) is 6.66. The molecule has 3 rings (SSSR count). The number of hydrogen-bond donors (Lipinski definition) is 1. The molecule has 0 spiro atoms. The first kappa shape index (κ1) is 21.0. The monoisotopic (exact) mass is 422 g/mol. The van der Waals surface area contributed by atoms with Crippen molar-refractivity contribution >= 4 is 17.3 Å². The van der Waals surface area contributed by atoms with Gasteiger partial charge in [-0.25, -0.2) is 0 Å². The highest BCUT2D eigenvalue weighted by Crippen LogP contribution is 2.36. The summed E-state index contributed by atoms with van der Waals surface area (Å²) in [4.78, 5) is 22.1. The van der Waals surface area contributed by atoms with E-state index in [0.717, 1.165) is 18.1 Å². The standard InChI is InChI=1S/C18H17F3N6O3/c1-11-4-3-5-13(6-11)8-25-9-14(7-22-25)23-15(28)10-26-12(2)16(27(29)30)17(24-26)18(19,20)21/h3-7,9H,8,10H2,1-2H3,(H,23,28). The molecule has 0 unspecified atom stereocenters. The zero-order chi connectivity index (χ0) is 22.1. The minimum Gasteiger partial charge on any atom is -0.322 e. The molecule has 0 saturated carbocycles. The number of alkyl halides is 3. The van der Waals surface area contributed by atoms with E-state index in [1.165, 1.54) is 6.20 Å². The Morgan fingerprint density at radius 3 is 2.63 bits per heavy atom. The molecule has 0 bridgehead atoms. The maximum Gasteiger partial charge on any atom is 0.442 e. The molecule has 12 heteroatoms. The van der Waals surface area contributed by atoms with Crippen LogP contribution in [-0.2, 0) is 24.1 Å². The van der Waals surface area contributed by atoms with E-state index in [2.05, 4.69) is 15.5 Å². The molecule has 1 amide bonds. The third-order valence-corrected chi connectivity index (χ3v) is 4.26. The van der Waals surface area contributed by atoms with Crippen molar-refractivity contribution in [2.24, 2.45) is 0 Å². The second kappa shape index (κ2) is 7.97. The molecule has 0 atom stereocenters. The van der Waals surface area contributed by atoms with Gasteiger partial charge < -0.3 is 5.32 Å². The smallest absolute Gasteiger partial charge is 0.322 e. The van der Waals surface area contributed by atoms with Crippen molar-refractivity contribution < 1.29 is 22.9 Å². The van der Waals surface area contributed by atoms with Gasteiger partial charge in [0, 0.05) is 6.20 Å². The summed E-state index contributed by atoms with van der Waals surface area (Å²) in [6, 6.07) is 7.80.